The van der Waals surface area contributed by atoms with E-state index in [-0.39, 0.29) is 0 Å². The van der Waals surface area contributed by atoms with E-state index in [0.717, 1.165) is 6.42 Å². The molecule has 0 amide bonds. The van der Waals surface area contributed by atoms with Crippen LogP contribution in [-0.4, -0.2) is 4.57 Å². The molecule has 1 heterocycles. The highest BCUT2D eigenvalue weighted by atomic mass is 14.9. The van der Waals surface area contributed by atoms with Gasteiger partial charge in [-0.15, -0.1) is 0 Å². The van der Waals surface area contributed by atoms with Crippen LogP contribution in [-0.2, 0) is 13.5 Å². The summed E-state index contributed by atoms with van der Waals surface area (Å²) in [6, 6.07) is 12.8. The molecule has 0 spiro atoms. The molecule has 0 fully saturated rings. The Morgan fingerprint density at radius 2 is 1.80 bits per heavy atom. The Morgan fingerprint density at radius 3 is 2.47 bits per heavy atom. The van der Waals surface area contributed by atoms with Crippen LogP contribution in [0.3, 0.4) is 0 Å². The van der Waals surface area contributed by atoms with Crippen molar-refractivity contribution in [1.82, 2.24) is 4.57 Å². The van der Waals surface area contributed by atoms with Crippen molar-refractivity contribution in [2.45, 2.75) is 19.8 Å². The molecule has 0 aliphatic rings. The minimum Gasteiger partial charge on any atom is -0.354 e. The quantitative estimate of drug-likeness (QED) is 0.711. The van der Waals surface area contributed by atoms with Gasteiger partial charge >= 0.3 is 0 Å². The maximum absolute atomic E-state index is 2.29. The van der Waals surface area contributed by atoms with Gasteiger partial charge in [-0.3, -0.25) is 0 Å². The summed E-state index contributed by atoms with van der Waals surface area (Å²) in [5.74, 6) is 0. The molecule has 15 heavy (non-hydrogen) atoms. The van der Waals surface area contributed by atoms with Crippen LogP contribution in [0, 0.1) is 0 Å². The topological polar surface area (TPSA) is 4.93 Å². The van der Waals surface area contributed by atoms with Crippen LogP contribution in [0.1, 0.15) is 19.0 Å². The molecule has 0 aliphatic carbocycles. The van der Waals surface area contributed by atoms with Gasteiger partial charge in [-0.1, -0.05) is 43.7 Å². The van der Waals surface area contributed by atoms with Gasteiger partial charge in [0.1, 0.15) is 0 Å². The number of hydrogen-bond donors (Lipinski definition) is 0. The Kier molecular flexibility index (Phi) is 2.91. The van der Waals surface area contributed by atoms with Gasteiger partial charge in [0.15, 0.2) is 0 Å². The predicted octanol–water partition coefficient (Wildman–Crippen LogP) is 3.64. The summed E-state index contributed by atoms with van der Waals surface area (Å²) in [4.78, 5) is 0. The van der Waals surface area contributed by atoms with E-state index < -0.39 is 0 Å². The van der Waals surface area contributed by atoms with Gasteiger partial charge in [-0.2, -0.15) is 0 Å². The van der Waals surface area contributed by atoms with Crippen LogP contribution in [0.4, 0.5) is 0 Å². The van der Waals surface area contributed by atoms with Crippen molar-refractivity contribution < 1.29 is 0 Å². The van der Waals surface area contributed by atoms with E-state index in [2.05, 4.69) is 61.1 Å². The lowest BCUT2D eigenvalue weighted by atomic mass is 10.1. The van der Waals surface area contributed by atoms with E-state index >= 15 is 0 Å². The number of benzene rings is 1. The van der Waals surface area contributed by atoms with Crippen LogP contribution >= 0.6 is 0 Å². The van der Waals surface area contributed by atoms with Gasteiger partial charge in [-0.05, 0) is 23.6 Å². The van der Waals surface area contributed by atoms with Crippen LogP contribution in [0.15, 0.2) is 42.6 Å². The highest BCUT2D eigenvalue weighted by Crippen LogP contribution is 2.21. The summed E-state index contributed by atoms with van der Waals surface area (Å²) < 4.78 is 2.23. The van der Waals surface area contributed by atoms with Gasteiger partial charge in [0.25, 0.3) is 0 Å². The Morgan fingerprint density at radius 1 is 1.07 bits per heavy atom. The largest absolute Gasteiger partial charge is 0.354 e. The molecule has 0 unspecified atom stereocenters. The lowest BCUT2D eigenvalue weighted by molar-refractivity contribution is 0.787. The van der Waals surface area contributed by atoms with Crippen molar-refractivity contribution in [3.05, 3.63) is 48.3 Å². The molecule has 1 nitrogen and oxygen atoms in total. The van der Waals surface area contributed by atoms with Gasteiger partial charge in [0.2, 0.25) is 0 Å². The smallest absolute Gasteiger partial charge is 0.0178 e. The Labute approximate surface area is 91.4 Å². The minimum absolute atomic E-state index is 1.16. The van der Waals surface area contributed by atoms with Crippen LogP contribution in [0.5, 0.6) is 0 Å². The number of aryl methyl sites for hydroxylation is 2. The molecule has 0 N–H and O–H groups in total. The summed E-state index contributed by atoms with van der Waals surface area (Å²) in [5.41, 5.74) is 4.04. The van der Waals surface area contributed by atoms with Crippen molar-refractivity contribution in [1.29, 1.82) is 0 Å². The van der Waals surface area contributed by atoms with E-state index in [1.165, 1.54) is 23.2 Å². The molecular weight excluding hydrogens is 182 g/mol. The Hall–Kier alpha value is -1.50. The maximum atomic E-state index is 2.29. The third-order valence-electron chi connectivity index (χ3n) is 2.72. The Balaban J connectivity index is 2.34. The van der Waals surface area contributed by atoms with E-state index in [0.29, 0.717) is 0 Å². The van der Waals surface area contributed by atoms with E-state index in [4.69, 9.17) is 0 Å². The molecule has 2 rings (SSSR count). The third-order valence-corrected chi connectivity index (χ3v) is 2.72. The third kappa shape index (κ3) is 2.12. The fraction of sp³-hybridized carbons (Fsp3) is 0.286. The van der Waals surface area contributed by atoms with Crippen molar-refractivity contribution in [2.75, 3.05) is 0 Å². The molecule has 1 aromatic heterocycles. The first-order valence-electron chi connectivity index (χ1n) is 5.52. The second kappa shape index (κ2) is 4.35. The van der Waals surface area contributed by atoms with Crippen molar-refractivity contribution in [2.24, 2.45) is 7.05 Å². The SMILES string of the molecule is CCCc1cc(-c2ccccc2)cn1C. The second-order valence-corrected chi connectivity index (χ2v) is 3.95. The van der Waals surface area contributed by atoms with Crippen LogP contribution in [0.2, 0.25) is 0 Å². The lowest BCUT2D eigenvalue weighted by Crippen LogP contribution is -1.92. The second-order valence-electron chi connectivity index (χ2n) is 3.95. The fourth-order valence-electron chi connectivity index (χ4n) is 1.90. The number of aromatic nitrogens is 1. The first kappa shape index (κ1) is 10.0. The molecule has 78 valence electrons. The monoisotopic (exact) mass is 199 g/mol. The summed E-state index contributed by atoms with van der Waals surface area (Å²) in [7, 11) is 2.12. The number of rotatable bonds is 3. The summed E-state index contributed by atoms with van der Waals surface area (Å²) in [6.45, 7) is 2.22. The van der Waals surface area contributed by atoms with Crippen LogP contribution < -0.4 is 0 Å². The summed E-state index contributed by atoms with van der Waals surface area (Å²) in [6.07, 6.45) is 4.57. The fourth-order valence-corrected chi connectivity index (χ4v) is 1.90. The summed E-state index contributed by atoms with van der Waals surface area (Å²) >= 11 is 0. The van der Waals surface area contributed by atoms with E-state index in [9.17, 15) is 0 Å². The van der Waals surface area contributed by atoms with Crippen molar-refractivity contribution >= 4 is 0 Å². The van der Waals surface area contributed by atoms with Gasteiger partial charge in [0.05, 0.1) is 0 Å². The molecule has 0 atom stereocenters. The number of nitrogens with zero attached hydrogens (tertiary/aromatic N) is 1. The Bertz CT molecular complexity index is 426. The molecule has 0 saturated heterocycles. The summed E-state index contributed by atoms with van der Waals surface area (Å²) in [5, 5.41) is 0. The average molecular weight is 199 g/mol. The van der Waals surface area contributed by atoms with Crippen LogP contribution in [0.25, 0.3) is 11.1 Å². The highest BCUT2D eigenvalue weighted by Gasteiger charge is 2.03. The molecular formula is C14H17N. The molecule has 1 heteroatoms. The zero-order valence-electron chi connectivity index (χ0n) is 9.40. The zero-order valence-corrected chi connectivity index (χ0v) is 9.40. The maximum Gasteiger partial charge on any atom is 0.0178 e. The van der Waals surface area contributed by atoms with Gasteiger partial charge in [0, 0.05) is 18.9 Å². The molecule has 2 aromatic rings. The minimum atomic E-state index is 1.16. The molecule has 0 bridgehead atoms. The van der Waals surface area contributed by atoms with Crippen molar-refractivity contribution in [3.63, 3.8) is 0 Å². The van der Waals surface area contributed by atoms with E-state index in [1.807, 2.05) is 0 Å². The normalized spacial score (nSPS) is 10.5. The lowest BCUT2D eigenvalue weighted by Gasteiger charge is -1.98. The predicted molar refractivity (Wildman–Crippen MR) is 64.8 cm³/mol. The molecule has 1 aromatic carbocycles. The first-order valence-corrected chi connectivity index (χ1v) is 5.52. The van der Waals surface area contributed by atoms with Gasteiger partial charge in [-0.25, -0.2) is 0 Å². The number of hydrogen-bond acceptors (Lipinski definition) is 0. The average Bonchev–Trinajstić information content (AvgIpc) is 2.63. The first-order chi connectivity index (χ1) is 7.31. The standard InChI is InChI=1S/C14H17N/c1-3-7-14-10-13(11-15(14)2)12-8-5-4-6-9-12/h4-6,8-11H,3,7H2,1-2H3. The molecule has 0 aliphatic heterocycles. The van der Waals surface area contributed by atoms with Gasteiger partial charge < -0.3 is 4.57 Å². The molecule has 0 saturated carbocycles. The highest BCUT2D eigenvalue weighted by molar-refractivity contribution is 5.63. The zero-order chi connectivity index (χ0) is 10.7. The van der Waals surface area contributed by atoms with E-state index in [1.54, 1.807) is 0 Å². The van der Waals surface area contributed by atoms with Crippen molar-refractivity contribution in [3.8, 4) is 11.1 Å². The molecule has 0 radical (unpaired) electrons.